The van der Waals surface area contributed by atoms with E-state index in [9.17, 15) is 0 Å². The van der Waals surface area contributed by atoms with Crippen molar-refractivity contribution in [2.24, 2.45) is 4.99 Å². The number of nitrogens with zero attached hydrogens (tertiary/aromatic N) is 3. The number of fused-ring (bicyclic) bond motifs is 8. The van der Waals surface area contributed by atoms with Crippen LogP contribution in [-0.2, 0) is 0 Å². The van der Waals surface area contributed by atoms with Gasteiger partial charge < -0.3 is 4.57 Å². The molecule has 0 spiro atoms. The van der Waals surface area contributed by atoms with Crippen molar-refractivity contribution in [3.8, 4) is 16.8 Å². The second kappa shape index (κ2) is 12.4. The number of aromatic nitrogens is 2. The largest absolute Gasteiger partial charge is 0.309 e. The standard InChI is InChI=1S/C50H35N3/c1-33-15-9-10-20-40(33)50(36-16-5-3-6-17-36)51-34(2)52-46-24-14-12-22-43(46)49-44-31-37(26-25-35(44)28-30-47(49)52)38-27-29-42-41-21-11-13-23-45(41)53(48(42)32-38)39-18-7-4-8-19-39/h3-32H,1H2,2H3/b50-40-,51-34+. The quantitative estimate of drug-likeness (QED) is 0.131. The highest BCUT2D eigenvalue weighted by molar-refractivity contribution is 6.24. The minimum atomic E-state index is 0.896. The monoisotopic (exact) mass is 677 g/mol. The average molecular weight is 678 g/mol. The van der Waals surface area contributed by atoms with E-state index in [1.54, 1.807) is 0 Å². The van der Waals surface area contributed by atoms with Crippen LogP contribution < -0.4 is 10.4 Å². The molecular formula is C50H35N3. The molecule has 0 N–H and O–H groups in total. The number of rotatable bonds is 4. The molecule has 0 bridgehead atoms. The summed E-state index contributed by atoms with van der Waals surface area (Å²) in [6, 6.07) is 65.0. The zero-order valence-electron chi connectivity index (χ0n) is 29.4. The molecule has 0 saturated heterocycles. The van der Waals surface area contributed by atoms with E-state index in [1.165, 1.54) is 54.5 Å². The van der Waals surface area contributed by atoms with Gasteiger partial charge in [-0.2, -0.15) is 0 Å². The molecule has 0 saturated carbocycles. The summed E-state index contributed by atoms with van der Waals surface area (Å²) < 4.78 is 4.70. The fourth-order valence-electron chi connectivity index (χ4n) is 8.16. The van der Waals surface area contributed by atoms with Crippen molar-refractivity contribution >= 4 is 72.5 Å². The van der Waals surface area contributed by atoms with E-state index < -0.39 is 0 Å². The van der Waals surface area contributed by atoms with Crippen LogP contribution in [0.3, 0.4) is 0 Å². The van der Waals surface area contributed by atoms with Crippen molar-refractivity contribution in [2.75, 3.05) is 0 Å². The minimum Gasteiger partial charge on any atom is -0.309 e. The smallest absolute Gasteiger partial charge is 0.111 e. The number of benzene rings is 8. The van der Waals surface area contributed by atoms with E-state index in [1.807, 2.05) is 18.2 Å². The molecule has 0 fully saturated rings. The summed E-state index contributed by atoms with van der Waals surface area (Å²) in [6.07, 6.45) is 0. The molecule has 3 heteroatoms. The molecule has 0 aliphatic carbocycles. The Morgan fingerprint density at radius 1 is 0.491 bits per heavy atom. The predicted octanol–water partition coefficient (Wildman–Crippen LogP) is 11.2. The zero-order valence-corrected chi connectivity index (χ0v) is 29.4. The van der Waals surface area contributed by atoms with Gasteiger partial charge in [-0.1, -0.05) is 146 Å². The molecule has 0 unspecified atom stereocenters. The zero-order chi connectivity index (χ0) is 35.5. The number of para-hydroxylation sites is 3. The molecule has 8 aromatic carbocycles. The lowest BCUT2D eigenvalue weighted by atomic mass is 9.97. The van der Waals surface area contributed by atoms with Gasteiger partial charge in [0.15, 0.2) is 0 Å². The molecule has 0 atom stereocenters. The van der Waals surface area contributed by atoms with Gasteiger partial charge in [-0.05, 0) is 76.5 Å². The van der Waals surface area contributed by atoms with E-state index in [4.69, 9.17) is 4.99 Å². The first-order chi connectivity index (χ1) is 26.1. The van der Waals surface area contributed by atoms with Gasteiger partial charge in [0, 0.05) is 38.0 Å². The Bertz CT molecular complexity index is 3180. The van der Waals surface area contributed by atoms with Gasteiger partial charge >= 0.3 is 0 Å². The van der Waals surface area contributed by atoms with Crippen LogP contribution >= 0.6 is 0 Å². The van der Waals surface area contributed by atoms with Crippen LogP contribution in [0.5, 0.6) is 0 Å². The number of aliphatic imine (C=N–C) groups is 1. The van der Waals surface area contributed by atoms with Crippen LogP contribution in [0, 0.1) is 0 Å². The van der Waals surface area contributed by atoms with Gasteiger partial charge in [-0.15, -0.1) is 0 Å². The summed E-state index contributed by atoms with van der Waals surface area (Å²) in [5.74, 6) is 0.896. The van der Waals surface area contributed by atoms with Crippen molar-refractivity contribution < 1.29 is 0 Å². The van der Waals surface area contributed by atoms with Crippen molar-refractivity contribution in [2.45, 2.75) is 6.92 Å². The SMILES string of the molecule is C=c1cccc/c1=C(/N=C(\C)n1c2ccccc2c2c3cc(-c4ccc5c6ccccc6n(-c6ccccc6)c5c4)ccc3ccc21)c1ccccc1. The first-order valence-corrected chi connectivity index (χ1v) is 18.1. The Morgan fingerprint density at radius 3 is 1.92 bits per heavy atom. The molecule has 0 aliphatic rings. The minimum absolute atomic E-state index is 0.896. The van der Waals surface area contributed by atoms with Crippen LogP contribution in [0.25, 0.3) is 83.5 Å². The lowest BCUT2D eigenvalue weighted by molar-refractivity contribution is 1.18. The average Bonchev–Trinajstić information content (AvgIpc) is 3.74. The van der Waals surface area contributed by atoms with Crippen molar-refractivity contribution in [3.63, 3.8) is 0 Å². The van der Waals surface area contributed by atoms with Gasteiger partial charge in [0.1, 0.15) is 5.84 Å². The summed E-state index contributed by atoms with van der Waals surface area (Å²) in [4.78, 5) is 5.40. The first-order valence-electron chi connectivity index (χ1n) is 18.1. The van der Waals surface area contributed by atoms with Gasteiger partial charge in [0.25, 0.3) is 0 Å². The van der Waals surface area contributed by atoms with Crippen LogP contribution in [0.2, 0.25) is 0 Å². The molecule has 53 heavy (non-hydrogen) atoms. The van der Waals surface area contributed by atoms with E-state index in [0.717, 1.165) is 44.3 Å². The summed E-state index contributed by atoms with van der Waals surface area (Å²) in [5, 5.41) is 9.36. The Kier molecular flexibility index (Phi) is 7.19. The molecule has 2 aromatic heterocycles. The molecule has 10 aromatic rings. The van der Waals surface area contributed by atoms with Gasteiger partial charge in [-0.25, -0.2) is 4.99 Å². The second-order valence-corrected chi connectivity index (χ2v) is 13.7. The maximum absolute atomic E-state index is 5.40. The lowest BCUT2D eigenvalue weighted by Crippen LogP contribution is -2.25. The molecule has 0 radical (unpaired) electrons. The van der Waals surface area contributed by atoms with E-state index in [2.05, 4.69) is 186 Å². The summed E-state index contributed by atoms with van der Waals surface area (Å²) in [5.41, 5.74) is 10.2. The lowest BCUT2D eigenvalue weighted by Gasteiger charge is -2.11. The Balaban J connectivity index is 1.20. The second-order valence-electron chi connectivity index (χ2n) is 13.7. The first kappa shape index (κ1) is 30.8. The summed E-state index contributed by atoms with van der Waals surface area (Å²) >= 11 is 0. The highest BCUT2D eigenvalue weighted by Crippen LogP contribution is 2.39. The third-order valence-electron chi connectivity index (χ3n) is 10.6. The fourth-order valence-corrected chi connectivity index (χ4v) is 8.16. The topological polar surface area (TPSA) is 22.2 Å². The summed E-state index contributed by atoms with van der Waals surface area (Å²) in [6.45, 7) is 6.47. The van der Waals surface area contributed by atoms with Crippen molar-refractivity contribution in [3.05, 3.63) is 198 Å². The molecular weight excluding hydrogens is 643 g/mol. The van der Waals surface area contributed by atoms with Gasteiger partial charge in [0.05, 0.1) is 27.8 Å². The molecule has 0 amide bonds. The predicted molar refractivity (Wildman–Crippen MR) is 225 cm³/mol. The Labute approximate surface area is 307 Å². The highest BCUT2D eigenvalue weighted by atomic mass is 15.1. The fraction of sp³-hybridized carbons (Fsp3) is 0.0200. The molecule has 2 heterocycles. The van der Waals surface area contributed by atoms with Crippen LogP contribution in [0.15, 0.2) is 187 Å². The van der Waals surface area contributed by atoms with Gasteiger partial charge in [-0.3, -0.25) is 4.57 Å². The van der Waals surface area contributed by atoms with Crippen LogP contribution in [-0.4, -0.2) is 15.0 Å². The maximum atomic E-state index is 5.40. The summed E-state index contributed by atoms with van der Waals surface area (Å²) in [7, 11) is 0. The van der Waals surface area contributed by atoms with E-state index in [-0.39, 0.29) is 0 Å². The van der Waals surface area contributed by atoms with Crippen molar-refractivity contribution in [1.29, 1.82) is 0 Å². The third-order valence-corrected chi connectivity index (χ3v) is 10.6. The Morgan fingerprint density at radius 2 is 1.11 bits per heavy atom. The molecule has 10 rings (SSSR count). The highest BCUT2D eigenvalue weighted by Gasteiger charge is 2.17. The van der Waals surface area contributed by atoms with Crippen LogP contribution in [0.1, 0.15) is 12.5 Å². The molecule has 250 valence electrons. The number of hydrogen-bond donors (Lipinski definition) is 0. The van der Waals surface area contributed by atoms with Crippen LogP contribution in [0.4, 0.5) is 0 Å². The molecule has 3 nitrogen and oxygen atoms in total. The normalized spacial score (nSPS) is 12.7. The number of hydrogen-bond acceptors (Lipinski definition) is 1. The Hall–Kier alpha value is -6.97. The van der Waals surface area contributed by atoms with E-state index >= 15 is 0 Å². The van der Waals surface area contributed by atoms with Crippen molar-refractivity contribution in [1.82, 2.24) is 9.13 Å². The maximum Gasteiger partial charge on any atom is 0.111 e. The van der Waals surface area contributed by atoms with E-state index in [0.29, 0.717) is 0 Å². The van der Waals surface area contributed by atoms with Gasteiger partial charge in [0.2, 0.25) is 0 Å². The third kappa shape index (κ3) is 5.01. The molecule has 0 aliphatic heterocycles.